The number of nitrogens with zero attached hydrogens (tertiary/aromatic N) is 1. The predicted molar refractivity (Wildman–Crippen MR) is 48.2 cm³/mol. The van der Waals surface area contributed by atoms with E-state index in [9.17, 15) is 4.79 Å². The molecule has 0 fully saturated rings. The lowest BCUT2D eigenvalue weighted by Gasteiger charge is -2.05. The molecule has 0 bridgehead atoms. The van der Waals surface area contributed by atoms with Crippen LogP contribution in [-0.4, -0.2) is 16.9 Å². The van der Waals surface area contributed by atoms with Crippen molar-refractivity contribution in [2.24, 2.45) is 0 Å². The Morgan fingerprint density at radius 1 is 1.69 bits per heavy atom. The van der Waals surface area contributed by atoms with Gasteiger partial charge >= 0.3 is 0 Å². The molecule has 0 aliphatic heterocycles. The van der Waals surface area contributed by atoms with Gasteiger partial charge in [0.2, 0.25) is 5.91 Å². The van der Waals surface area contributed by atoms with Crippen LogP contribution in [0.4, 0.5) is 0 Å². The fourth-order valence-corrected chi connectivity index (χ4v) is 1.03. The summed E-state index contributed by atoms with van der Waals surface area (Å²) in [7, 11) is 0. The van der Waals surface area contributed by atoms with E-state index in [-0.39, 0.29) is 18.4 Å². The molecule has 0 aliphatic carbocycles. The Labute approximate surface area is 77.3 Å². The monoisotopic (exact) mass is 182 g/mol. The summed E-state index contributed by atoms with van der Waals surface area (Å²) in [6.45, 7) is 5.60. The van der Waals surface area contributed by atoms with Crippen molar-refractivity contribution >= 4 is 5.91 Å². The highest BCUT2D eigenvalue weighted by Gasteiger charge is 2.07. The van der Waals surface area contributed by atoms with Crippen molar-refractivity contribution in [3.8, 4) is 0 Å². The fourth-order valence-electron chi connectivity index (χ4n) is 1.03. The fraction of sp³-hybridized carbons (Fsp3) is 0.556. The quantitative estimate of drug-likeness (QED) is 0.760. The Balaban J connectivity index is 2.45. The SMILES string of the molecule is Cc1nc(CC(=O)NC(C)C)co1. The topological polar surface area (TPSA) is 55.1 Å². The minimum atomic E-state index is -0.0247. The number of oxazole rings is 1. The summed E-state index contributed by atoms with van der Waals surface area (Å²) < 4.78 is 4.98. The van der Waals surface area contributed by atoms with Gasteiger partial charge in [0.1, 0.15) is 6.26 Å². The van der Waals surface area contributed by atoms with E-state index >= 15 is 0 Å². The Morgan fingerprint density at radius 3 is 2.85 bits per heavy atom. The van der Waals surface area contributed by atoms with Crippen LogP contribution in [0.1, 0.15) is 25.4 Å². The molecule has 1 N–H and O–H groups in total. The second kappa shape index (κ2) is 4.07. The van der Waals surface area contributed by atoms with Gasteiger partial charge < -0.3 is 9.73 Å². The molecule has 4 nitrogen and oxygen atoms in total. The molecule has 0 aliphatic rings. The van der Waals surface area contributed by atoms with E-state index in [1.54, 1.807) is 6.92 Å². The first-order chi connectivity index (χ1) is 6.08. The van der Waals surface area contributed by atoms with Crippen molar-refractivity contribution in [3.63, 3.8) is 0 Å². The summed E-state index contributed by atoms with van der Waals surface area (Å²) in [4.78, 5) is 15.3. The first-order valence-electron chi connectivity index (χ1n) is 4.28. The average Bonchev–Trinajstić information content (AvgIpc) is 2.33. The van der Waals surface area contributed by atoms with Crippen LogP contribution in [0.15, 0.2) is 10.7 Å². The maximum Gasteiger partial charge on any atom is 0.226 e. The van der Waals surface area contributed by atoms with Gasteiger partial charge in [0.15, 0.2) is 5.89 Å². The van der Waals surface area contributed by atoms with Gasteiger partial charge in [-0.05, 0) is 13.8 Å². The van der Waals surface area contributed by atoms with E-state index in [2.05, 4.69) is 10.3 Å². The number of carbonyl (C=O) groups excluding carboxylic acids is 1. The Kier molecular flexibility index (Phi) is 3.06. The summed E-state index contributed by atoms with van der Waals surface area (Å²) in [6.07, 6.45) is 1.80. The van der Waals surface area contributed by atoms with Crippen LogP contribution in [0.5, 0.6) is 0 Å². The van der Waals surface area contributed by atoms with Gasteiger partial charge in [0.05, 0.1) is 12.1 Å². The molecular formula is C9H14N2O2. The minimum absolute atomic E-state index is 0.0247. The number of carbonyl (C=O) groups is 1. The zero-order valence-electron chi connectivity index (χ0n) is 8.13. The van der Waals surface area contributed by atoms with Crippen LogP contribution < -0.4 is 5.32 Å². The Morgan fingerprint density at radius 2 is 2.38 bits per heavy atom. The number of nitrogens with one attached hydrogen (secondary N) is 1. The zero-order chi connectivity index (χ0) is 9.84. The molecule has 0 saturated carbocycles. The first kappa shape index (κ1) is 9.77. The Bertz CT molecular complexity index is 292. The van der Waals surface area contributed by atoms with Gasteiger partial charge in [0, 0.05) is 13.0 Å². The molecule has 1 amide bonds. The van der Waals surface area contributed by atoms with Gasteiger partial charge in [-0.2, -0.15) is 0 Å². The second-order valence-corrected chi connectivity index (χ2v) is 3.26. The van der Waals surface area contributed by atoms with Gasteiger partial charge in [-0.15, -0.1) is 0 Å². The van der Waals surface area contributed by atoms with Crippen molar-refractivity contribution in [3.05, 3.63) is 17.8 Å². The van der Waals surface area contributed by atoms with Crippen LogP contribution >= 0.6 is 0 Å². The largest absolute Gasteiger partial charge is 0.449 e. The lowest BCUT2D eigenvalue weighted by Crippen LogP contribution is -2.31. The number of rotatable bonds is 3. The number of hydrogen-bond acceptors (Lipinski definition) is 3. The van der Waals surface area contributed by atoms with Crippen molar-refractivity contribution in [2.75, 3.05) is 0 Å². The highest BCUT2D eigenvalue weighted by Crippen LogP contribution is 2.00. The summed E-state index contributed by atoms with van der Waals surface area (Å²) >= 11 is 0. The van der Waals surface area contributed by atoms with Crippen LogP contribution in [0.2, 0.25) is 0 Å². The molecule has 0 saturated heterocycles. The maximum atomic E-state index is 11.2. The van der Waals surface area contributed by atoms with Gasteiger partial charge in [0.25, 0.3) is 0 Å². The molecule has 1 aromatic heterocycles. The van der Waals surface area contributed by atoms with E-state index in [0.717, 1.165) is 0 Å². The van der Waals surface area contributed by atoms with Gasteiger partial charge in [-0.3, -0.25) is 4.79 Å². The van der Waals surface area contributed by atoms with Crippen LogP contribution in [0, 0.1) is 6.92 Å². The summed E-state index contributed by atoms with van der Waals surface area (Å²) in [5, 5.41) is 2.78. The molecule has 1 heterocycles. The number of hydrogen-bond donors (Lipinski definition) is 1. The highest BCUT2D eigenvalue weighted by atomic mass is 16.3. The van der Waals surface area contributed by atoms with Crippen molar-refractivity contribution in [1.82, 2.24) is 10.3 Å². The minimum Gasteiger partial charge on any atom is -0.449 e. The molecule has 0 aromatic carbocycles. The standard InChI is InChI=1S/C9H14N2O2/c1-6(2)10-9(12)4-8-5-13-7(3)11-8/h5-6H,4H2,1-3H3,(H,10,12). The predicted octanol–water partition coefficient (Wildman–Crippen LogP) is 1.05. The van der Waals surface area contributed by atoms with E-state index in [1.165, 1.54) is 6.26 Å². The highest BCUT2D eigenvalue weighted by molar-refractivity contribution is 5.78. The molecule has 4 heteroatoms. The maximum absolute atomic E-state index is 11.2. The number of aromatic nitrogens is 1. The molecule has 0 atom stereocenters. The third kappa shape index (κ3) is 3.27. The van der Waals surface area contributed by atoms with E-state index in [0.29, 0.717) is 11.6 Å². The normalized spacial score (nSPS) is 10.5. The summed E-state index contributed by atoms with van der Waals surface area (Å²) in [5.41, 5.74) is 0.677. The summed E-state index contributed by atoms with van der Waals surface area (Å²) in [6, 6.07) is 0.167. The van der Waals surface area contributed by atoms with E-state index in [4.69, 9.17) is 4.42 Å². The molecule has 72 valence electrons. The molecule has 1 rings (SSSR count). The molecule has 0 unspecified atom stereocenters. The lowest BCUT2D eigenvalue weighted by atomic mass is 10.3. The Hall–Kier alpha value is -1.32. The van der Waals surface area contributed by atoms with E-state index < -0.39 is 0 Å². The summed E-state index contributed by atoms with van der Waals surface area (Å²) in [5.74, 6) is 0.565. The smallest absolute Gasteiger partial charge is 0.226 e. The molecule has 0 radical (unpaired) electrons. The van der Waals surface area contributed by atoms with Crippen molar-refractivity contribution in [1.29, 1.82) is 0 Å². The molecular weight excluding hydrogens is 168 g/mol. The number of amides is 1. The number of aryl methyl sites for hydroxylation is 1. The third-order valence-corrected chi connectivity index (χ3v) is 1.46. The zero-order valence-corrected chi connectivity index (χ0v) is 8.13. The van der Waals surface area contributed by atoms with Gasteiger partial charge in [-0.25, -0.2) is 4.98 Å². The molecule has 0 spiro atoms. The third-order valence-electron chi connectivity index (χ3n) is 1.46. The second-order valence-electron chi connectivity index (χ2n) is 3.26. The van der Waals surface area contributed by atoms with Crippen LogP contribution in [-0.2, 0) is 11.2 Å². The molecule has 1 aromatic rings. The van der Waals surface area contributed by atoms with Crippen molar-refractivity contribution < 1.29 is 9.21 Å². The first-order valence-corrected chi connectivity index (χ1v) is 4.28. The van der Waals surface area contributed by atoms with E-state index in [1.807, 2.05) is 13.8 Å². The van der Waals surface area contributed by atoms with Crippen LogP contribution in [0.25, 0.3) is 0 Å². The lowest BCUT2D eigenvalue weighted by molar-refractivity contribution is -0.120. The average molecular weight is 182 g/mol. The van der Waals surface area contributed by atoms with Crippen LogP contribution in [0.3, 0.4) is 0 Å². The van der Waals surface area contributed by atoms with Gasteiger partial charge in [-0.1, -0.05) is 0 Å². The molecule has 13 heavy (non-hydrogen) atoms. The van der Waals surface area contributed by atoms with Crippen molar-refractivity contribution in [2.45, 2.75) is 33.2 Å².